The second-order valence-electron chi connectivity index (χ2n) is 23.7. The summed E-state index contributed by atoms with van der Waals surface area (Å²) in [7, 11) is 0. The van der Waals surface area contributed by atoms with Crippen molar-refractivity contribution < 1.29 is 129 Å². The van der Waals surface area contributed by atoms with Crippen LogP contribution in [0.2, 0.25) is 0 Å². The monoisotopic (exact) mass is 1300 g/mol. The third-order valence-electron chi connectivity index (χ3n) is 17.7. The van der Waals surface area contributed by atoms with E-state index < -0.39 is 234 Å². The van der Waals surface area contributed by atoms with Crippen molar-refractivity contribution in [3.63, 3.8) is 0 Å². The zero-order valence-corrected chi connectivity index (χ0v) is 49.3. The van der Waals surface area contributed by atoms with Gasteiger partial charge in [-0.05, 0) is 29.5 Å². The molecule has 1 aromatic rings. The van der Waals surface area contributed by atoms with E-state index in [0.717, 1.165) is 23.8 Å². The van der Waals surface area contributed by atoms with Crippen molar-refractivity contribution >= 4 is 47.4 Å². The molecule has 6 aliphatic heterocycles. The molecule has 0 radical (unpaired) electrons. The summed E-state index contributed by atoms with van der Waals surface area (Å²) in [5, 5.41) is 171. The molecule has 1 aromatic carbocycles. The number of hydrogen-bond donors (Lipinski definition) is 24. The SMILES string of the molecule is C[C@H](C1CCCCC1)[C@@H]1NC(=O)CNC(=O)C(CO)NC(=O)[C@@H]([C@H](O)[C@@H]2CNC(N)=[N+]2[C@@H]2O[C@@H](CO)[C@H](O)[C@H](O)[C@@H]2O)NC(=O)[C@H]([C@H](O)[C@@H]2CNC(N)=N2)NC(=O)[C@@H](Cc2ccc(O[C@H]3O[C@H](CO)[C@@H](O[C@@H]4O[C@@H](CO)[C@H](O)[C@H](O)[C@@H]4O)[C@@H](O)[C@H]3O)cc2)NC1=O. The van der Waals surface area contributed by atoms with E-state index in [4.69, 9.17) is 35.2 Å². The normalized spacial score (nSPS) is 38.8. The fourth-order valence-corrected chi connectivity index (χ4v) is 12.3. The summed E-state index contributed by atoms with van der Waals surface area (Å²) in [4.78, 5) is 91.4. The van der Waals surface area contributed by atoms with Crippen molar-refractivity contribution in [1.82, 2.24) is 42.5 Å². The Hall–Kier alpha value is -6.34. The summed E-state index contributed by atoms with van der Waals surface area (Å²) < 4.78 is 29.3. The van der Waals surface area contributed by atoms with Gasteiger partial charge in [-0.1, -0.05) is 51.2 Å². The average molecular weight is 1300 g/mol. The van der Waals surface area contributed by atoms with Gasteiger partial charge in [0, 0.05) is 13.0 Å². The smallest absolute Gasteiger partial charge is 0.346 e. The summed E-state index contributed by atoms with van der Waals surface area (Å²) in [6.45, 7) is -3.48. The van der Waals surface area contributed by atoms with E-state index in [-0.39, 0.29) is 35.7 Å². The van der Waals surface area contributed by atoms with E-state index >= 15 is 9.59 Å². The highest BCUT2D eigenvalue weighted by Crippen LogP contribution is 2.34. The number of hydrogen-bond acceptors (Lipinski definition) is 30. The second kappa shape index (κ2) is 31.1. The van der Waals surface area contributed by atoms with Crippen LogP contribution in [0.4, 0.5) is 0 Å². The van der Waals surface area contributed by atoms with E-state index in [1.54, 1.807) is 6.92 Å². The minimum Gasteiger partial charge on any atom is -0.462 e. The minimum absolute atomic E-state index is 0.0550. The first-order chi connectivity index (χ1) is 43.3. The van der Waals surface area contributed by atoms with Crippen LogP contribution in [-0.4, -0.2) is 316 Å². The molecule has 0 spiro atoms. The quantitative estimate of drug-likeness (QED) is 0.0644. The van der Waals surface area contributed by atoms with Crippen molar-refractivity contribution in [2.45, 2.75) is 192 Å². The Balaban J connectivity index is 1.11. The molecule has 7 aliphatic rings. The largest absolute Gasteiger partial charge is 0.462 e. The fourth-order valence-electron chi connectivity index (χ4n) is 12.3. The van der Waals surface area contributed by atoms with Gasteiger partial charge in [0.05, 0.1) is 39.0 Å². The second-order valence-corrected chi connectivity index (χ2v) is 23.7. The van der Waals surface area contributed by atoms with Crippen LogP contribution in [0.15, 0.2) is 29.3 Å². The van der Waals surface area contributed by atoms with Crippen LogP contribution >= 0.6 is 0 Å². The lowest BCUT2D eigenvalue weighted by Crippen LogP contribution is -2.68. The van der Waals surface area contributed by atoms with Gasteiger partial charge in [0.15, 0.2) is 12.2 Å². The van der Waals surface area contributed by atoms with Crippen molar-refractivity contribution in [1.29, 1.82) is 0 Å². The highest BCUT2D eigenvalue weighted by molar-refractivity contribution is 5.98. The van der Waals surface area contributed by atoms with Gasteiger partial charge in [0.2, 0.25) is 48.0 Å². The minimum atomic E-state index is -2.31. The Morgan fingerprint density at radius 1 is 0.582 bits per heavy atom. The van der Waals surface area contributed by atoms with Gasteiger partial charge in [-0.2, -0.15) is 0 Å². The Labute approximate surface area is 519 Å². The number of rotatable bonds is 17. The first-order valence-corrected chi connectivity index (χ1v) is 29.9. The maximum atomic E-state index is 15.1. The van der Waals surface area contributed by atoms with Gasteiger partial charge in [0.1, 0.15) is 134 Å². The van der Waals surface area contributed by atoms with Crippen LogP contribution < -0.4 is 58.7 Å². The maximum Gasteiger partial charge on any atom is 0.346 e. The predicted octanol–water partition coefficient (Wildman–Crippen LogP) is -13.9. The number of carbonyl (C=O) groups is 6. The molecule has 1 saturated carbocycles. The van der Waals surface area contributed by atoms with Crippen LogP contribution in [0, 0.1) is 11.8 Å². The molecule has 91 heavy (non-hydrogen) atoms. The molecule has 25 atom stereocenters. The Morgan fingerprint density at radius 3 is 1.78 bits per heavy atom. The lowest BCUT2D eigenvalue weighted by Gasteiger charge is -2.45. The molecule has 37 heteroatoms. The van der Waals surface area contributed by atoms with Gasteiger partial charge < -0.3 is 138 Å². The molecule has 26 N–H and O–H groups in total. The lowest BCUT2D eigenvalue weighted by molar-refractivity contribution is -0.663. The zero-order chi connectivity index (χ0) is 66.3. The molecular weight excluding hydrogens is 1220 g/mol. The summed E-state index contributed by atoms with van der Waals surface area (Å²) in [5.41, 5.74) is 12.4. The molecule has 0 aromatic heterocycles. The summed E-state index contributed by atoms with van der Waals surface area (Å²) in [6.07, 6.45) is -27.5. The number of aliphatic imine (C=N–C) groups is 1. The van der Waals surface area contributed by atoms with Crippen molar-refractivity contribution in [3.8, 4) is 5.75 Å². The highest BCUT2D eigenvalue weighted by Gasteiger charge is 2.55. The molecule has 6 amide bonds. The number of aliphatic hydroxyl groups excluding tert-OH is 14. The number of guanidine groups is 2. The Kier molecular flexibility index (Phi) is 24.1. The molecule has 4 saturated heterocycles. The number of amides is 6. The number of nitrogens with zero attached hydrogens (tertiary/aromatic N) is 2. The van der Waals surface area contributed by atoms with Gasteiger partial charge in [-0.3, -0.25) is 39.8 Å². The molecular formula is C54H85N12O25+. The van der Waals surface area contributed by atoms with E-state index in [9.17, 15) is 90.7 Å². The number of carbonyl (C=O) groups excluding carboxylic acids is 6. The van der Waals surface area contributed by atoms with E-state index in [2.05, 4.69) is 47.5 Å². The predicted molar refractivity (Wildman–Crippen MR) is 303 cm³/mol. The molecule has 37 nitrogen and oxygen atoms in total. The third-order valence-corrected chi connectivity index (χ3v) is 17.7. The fraction of sp³-hybridized carbons (Fsp3) is 0.741. The van der Waals surface area contributed by atoms with E-state index in [1.807, 2.05) is 0 Å². The van der Waals surface area contributed by atoms with Gasteiger partial charge in [-0.15, -0.1) is 0 Å². The van der Waals surface area contributed by atoms with Crippen LogP contribution in [0.5, 0.6) is 5.75 Å². The number of nitrogens with two attached hydrogens (primary N) is 2. The molecule has 1 unspecified atom stereocenters. The molecule has 8 rings (SSSR count). The van der Waals surface area contributed by atoms with Gasteiger partial charge >= 0.3 is 5.96 Å². The summed E-state index contributed by atoms with van der Waals surface area (Å²) in [5.74, 6) is -8.38. The van der Waals surface area contributed by atoms with Crippen LogP contribution in [0.25, 0.3) is 0 Å². The maximum absolute atomic E-state index is 15.1. The first kappa shape index (κ1) is 70.5. The standard InChI is InChI=1S/C54H84N12O25/c1-19(21-5-3-2-4-6-21)31-47(84)60-23(11-20-7-9-22(10-8-20)87-51-43(81)40(78)44(29(18-70)90-51)91-52-42(80)39(77)37(75)28(17-69)89-52)46(83)64-32(34(72)24-12-58-53(55)62-24)49(86)65-33(48(85)61-25(15-67)45(82)57-14-30(71)63-31)35(73)26-13-59-54(56)66(26)50-41(79)38(76)36(74)27(16-68)88-50/h7-10,19,21,23-29,31-44,50-52,67-70,72-81H,2-6,11-18H2,1H3,(H11,55,56,57,58,59,60,61,62,63,64,65,71,82,83,84,85,86)/p+1/t19-,23-,24+,25?,26+,27+,28+,29-,31+,32+,33-,34-,35-,36+,37+,38+,39+,40+,41+,42+,43-,44-,50-,51+,52+/m1/s1. The molecule has 1 aliphatic carbocycles. The third kappa shape index (κ3) is 16.0. The number of nitrogens with one attached hydrogen (secondary N) is 8. The number of ether oxygens (including phenoxy) is 5. The van der Waals surface area contributed by atoms with Crippen molar-refractivity contribution in [3.05, 3.63) is 29.8 Å². The Morgan fingerprint density at radius 2 is 1.15 bits per heavy atom. The van der Waals surface area contributed by atoms with E-state index in [0.29, 0.717) is 12.8 Å². The topological polar surface area (TPSA) is 595 Å². The lowest BCUT2D eigenvalue weighted by atomic mass is 9.77. The number of benzene rings is 1. The highest BCUT2D eigenvalue weighted by atomic mass is 16.7. The van der Waals surface area contributed by atoms with Gasteiger partial charge in [0.25, 0.3) is 0 Å². The molecule has 5 fully saturated rings. The zero-order valence-electron chi connectivity index (χ0n) is 49.3. The molecule has 510 valence electrons. The van der Waals surface area contributed by atoms with Crippen LogP contribution in [0.1, 0.15) is 44.6 Å². The average Bonchev–Trinajstić information content (AvgIpc) is 1.85. The summed E-state index contributed by atoms with van der Waals surface area (Å²) >= 11 is 0. The summed E-state index contributed by atoms with van der Waals surface area (Å²) in [6, 6.07) is -7.05. The Bertz CT molecular complexity index is 2750. The van der Waals surface area contributed by atoms with Crippen LogP contribution in [0.3, 0.4) is 0 Å². The van der Waals surface area contributed by atoms with Gasteiger partial charge in [-0.25, -0.2) is 9.57 Å². The van der Waals surface area contributed by atoms with Crippen LogP contribution in [-0.2, 0) is 54.1 Å². The molecule has 0 bridgehead atoms. The first-order valence-electron chi connectivity index (χ1n) is 29.9. The number of aliphatic hydroxyl groups is 14. The van der Waals surface area contributed by atoms with E-state index in [1.165, 1.54) is 24.3 Å². The van der Waals surface area contributed by atoms with Crippen molar-refractivity contribution in [2.75, 3.05) is 46.1 Å². The van der Waals surface area contributed by atoms with Crippen molar-refractivity contribution in [2.24, 2.45) is 28.3 Å². The molecule has 6 heterocycles.